The third-order valence-electron chi connectivity index (χ3n) is 3.25. The number of rotatable bonds is 3. The van der Waals surface area contributed by atoms with Crippen LogP contribution in [0.3, 0.4) is 0 Å². The standard InChI is InChI=1S/3C5H5.3C4H9.3Tb/c3*1-2-4-5-3-1;3*1-4(2)3;;;/h3*1-5H;3*1-3H3;;;. The molecule has 0 aromatic heterocycles. The molecule has 3 heteroatoms. The summed E-state index contributed by atoms with van der Waals surface area (Å²) >= 11 is 0.521. The van der Waals surface area contributed by atoms with E-state index in [-0.39, 0.29) is 104 Å². The van der Waals surface area contributed by atoms with Crippen LogP contribution in [0.15, 0.2) is 72.9 Å². The van der Waals surface area contributed by atoms with Crippen LogP contribution >= 0.6 is 0 Å². The molecule has 0 N–H and O–H groups in total. The fraction of sp³-hybridized carbons (Fsp3) is 0.556. The monoisotopic (exact) mass is 843 g/mol. The van der Waals surface area contributed by atoms with Gasteiger partial charge < -0.3 is 0 Å². The van der Waals surface area contributed by atoms with E-state index in [1.165, 1.54) is 0 Å². The van der Waals surface area contributed by atoms with Crippen molar-refractivity contribution in [1.82, 2.24) is 0 Å². The molecule has 0 fully saturated rings. The molecular formula is C27H42Tb3. The van der Waals surface area contributed by atoms with E-state index in [0.29, 0.717) is 4.16 Å². The van der Waals surface area contributed by atoms with Crippen molar-refractivity contribution in [2.45, 2.75) is 72.1 Å². The van der Waals surface area contributed by atoms with Gasteiger partial charge in [0, 0.05) is 0 Å². The zero-order valence-electron chi connectivity index (χ0n) is 20.2. The Morgan fingerprint density at radius 3 is 0.667 bits per heavy atom. The Morgan fingerprint density at radius 2 is 0.533 bits per heavy atom. The van der Waals surface area contributed by atoms with Crippen LogP contribution in [0.5, 0.6) is 0 Å². The van der Waals surface area contributed by atoms with Gasteiger partial charge in [0.1, 0.15) is 0 Å². The van der Waals surface area contributed by atoms with Gasteiger partial charge in [0.2, 0.25) is 0 Å². The molecule has 0 saturated carbocycles. The zero-order chi connectivity index (χ0) is 22.8. The predicted octanol–water partition coefficient (Wildman–Crippen LogP) is 9.61. The van der Waals surface area contributed by atoms with Gasteiger partial charge >= 0.3 is 249 Å². The molecule has 0 radical (unpaired) electrons. The fourth-order valence-electron chi connectivity index (χ4n) is 2.38. The van der Waals surface area contributed by atoms with Gasteiger partial charge in [-0.1, -0.05) is 0 Å². The molecular weight excluding hydrogens is 801 g/mol. The number of hydrogen-bond acceptors (Lipinski definition) is 0. The normalized spacial score (nSPS) is 19.1. The Balaban J connectivity index is 0.000000225. The van der Waals surface area contributed by atoms with Gasteiger partial charge in [-0.15, -0.1) is 0 Å². The van der Waals surface area contributed by atoms with Gasteiger partial charge in [0.25, 0.3) is 0 Å². The molecule has 3 aliphatic carbocycles. The van der Waals surface area contributed by atoms with E-state index in [4.69, 9.17) is 0 Å². The average molecular weight is 843 g/mol. The van der Waals surface area contributed by atoms with Gasteiger partial charge in [-0.3, -0.25) is 0 Å². The zero-order valence-corrected chi connectivity index (χ0v) is 26.6. The topological polar surface area (TPSA) is 0 Å². The first-order valence-corrected chi connectivity index (χ1v) is 17.5. The van der Waals surface area contributed by atoms with Gasteiger partial charge in [-0.2, -0.15) is 0 Å². The Hall–Kier alpha value is 2.30. The van der Waals surface area contributed by atoms with E-state index in [0.717, 1.165) is 5.67 Å². The number of hydrogen-bond donors (Lipinski definition) is 0. The summed E-state index contributed by atoms with van der Waals surface area (Å²) in [5.41, 5.74) is 0. The van der Waals surface area contributed by atoms with Crippen LogP contribution < -0.4 is 0 Å². The second-order valence-electron chi connectivity index (χ2n) is 9.84. The van der Waals surface area contributed by atoms with Crippen LogP contribution in [-0.2, 0) is 0 Å². The Kier molecular flexibility index (Phi) is 14.8. The average Bonchev–Trinajstić information content (AvgIpc) is 3.27. The summed E-state index contributed by atoms with van der Waals surface area (Å²) in [5.74, 6) is 0. The quantitative estimate of drug-likeness (QED) is 0.266. The minimum atomic E-state index is 0.174. The van der Waals surface area contributed by atoms with Gasteiger partial charge in [-0.05, 0) is 0 Å². The fourth-order valence-corrected chi connectivity index (χ4v) is 11.5. The molecule has 0 heterocycles. The van der Waals surface area contributed by atoms with E-state index in [1.807, 2.05) is 0 Å². The number of allylic oxidation sites excluding steroid dienone is 12. The Morgan fingerprint density at radius 1 is 0.367 bits per heavy atom. The van der Waals surface area contributed by atoms with Crippen molar-refractivity contribution in [2.75, 3.05) is 0 Å². The summed E-state index contributed by atoms with van der Waals surface area (Å²) in [7, 11) is 0. The summed E-state index contributed by atoms with van der Waals surface area (Å²) < 4.78 is 4.22. The molecule has 0 aromatic rings. The van der Waals surface area contributed by atoms with E-state index in [9.17, 15) is 0 Å². The molecule has 30 heavy (non-hydrogen) atoms. The molecule has 0 nitrogen and oxygen atoms in total. The van der Waals surface area contributed by atoms with Crippen LogP contribution in [0.2, 0.25) is 9.83 Å². The van der Waals surface area contributed by atoms with Crippen molar-refractivity contribution in [3.63, 3.8) is 0 Å². The second kappa shape index (κ2) is 14.6. The summed E-state index contributed by atoms with van der Waals surface area (Å²) in [5, 5.41) is 0. The van der Waals surface area contributed by atoms with Crippen molar-refractivity contribution in [2.24, 2.45) is 0 Å². The summed E-state index contributed by atoms with van der Waals surface area (Å²) in [6.45, 7) is 21.1. The molecule has 0 amide bonds. The molecule has 3 aliphatic rings. The summed E-state index contributed by atoms with van der Waals surface area (Å²) in [4.78, 5) is 0. The van der Waals surface area contributed by atoms with E-state index in [2.05, 4.69) is 135 Å². The third kappa shape index (κ3) is 17.7. The van der Waals surface area contributed by atoms with Crippen LogP contribution in [0.25, 0.3) is 0 Å². The molecule has 0 bridgehead atoms. The molecule has 177 valence electrons. The van der Waals surface area contributed by atoms with Crippen LogP contribution in [0, 0.1) is 104 Å². The molecule has 0 unspecified atom stereocenters. The van der Waals surface area contributed by atoms with Crippen LogP contribution in [0.1, 0.15) is 62.3 Å². The van der Waals surface area contributed by atoms with Gasteiger partial charge in [-0.25, -0.2) is 0 Å². The Bertz CT molecular complexity index is 539. The van der Waals surface area contributed by atoms with Crippen LogP contribution in [0.4, 0.5) is 0 Å². The molecule has 0 aromatic carbocycles. The Labute approximate surface area is 244 Å². The maximum atomic E-state index is 2.34. The molecule has 0 aliphatic heterocycles. The predicted molar refractivity (Wildman–Crippen MR) is 125 cm³/mol. The first-order chi connectivity index (χ1) is 13.7. The molecule has 0 spiro atoms. The van der Waals surface area contributed by atoms with E-state index >= 15 is 0 Å². The van der Waals surface area contributed by atoms with Crippen LogP contribution in [-0.4, -0.2) is 0 Å². The summed E-state index contributed by atoms with van der Waals surface area (Å²) in [6, 6.07) is 0. The van der Waals surface area contributed by atoms with Crippen molar-refractivity contribution in [3.05, 3.63) is 72.9 Å². The SMILES string of the molecule is C[C](C)(C)[Tb][CH]1C=CC=C1.C[C](C)(C)[Tb][CH]1C=CC=C1.C[C](C)(C)[Tb][CH]1C=CC=C1. The van der Waals surface area contributed by atoms with E-state index in [1.54, 1.807) is 0 Å². The van der Waals surface area contributed by atoms with Gasteiger partial charge in [0.15, 0.2) is 0 Å². The van der Waals surface area contributed by atoms with Crippen molar-refractivity contribution >= 4 is 0 Å². The molecule has 0 saturated heterocycles. The second-order valence-corrected chi connectivity index (χ2v) is 25.6. The molecule has 3 rings (SSSR count). The summed E-state index contributed by atoms with van der Waals surface area (Å²) in [6.07, 6.45) is 26.9. The first kappa shape index (κ1) is 30.3. The molecule has 0 atom stereocenters. The maximum absolute atomic E-state index is 2.34. The van der Waals surface area contributed by atoms with Crippen molar-refractivity contribution < 1.29 is 104 Å². The van der Waals surface area contributed by atoms with Gasteiger partial charge in [0.05, 0.1) is 0 Å². The minimum absolute atomic E-state index is 0.174. The first-order valence-electron chi connectivity index (χ1n) is 10.6. The van der Waals surface area contributed by atoms with Crippen molar-refractivity contribution in [1.29, 1.82) is 0 Å². The van der Waals surface area contributed by atoms with Crippen molar-refractivity contribution in [3.8, 4) is 0 Å². The third-order valence-corrected chi connectivity index (χ3v) is 13.4. The van der Waals surface area contributed by atoms with E-state index < -0.39 is 0 Å².